The zero-order valence-electron chi connectivity index (χ0n) is 13.5. The third-order valence-corrected chi connectivity index (χ3v) is 4.25. The van der Waals surface area contributed by atoms with Gasteiger partial charge in [0.15, 0.2) is 11.5 Å². The number of carbonyl (C=O) groups is 1. The van der Waals surface area contributed by atoms with Crippen LogP contribution in [0.3, 0.4) is 0 Å². The van der Waals surface area contributed by atoms with Gasteiger partial charge in [0.1, 0.15) is 6.04 Å². The first-order chi connectivity index (χ1) is 10.5. The predicted molar refractivity (Wildman–Crippen MR) is 82.2 cm³/mol. The van der Waals surface area contributed by atoms with Crippen molar-refractivity contribution in [2.24, 2.45) is 0 Å². The van der Waals surface area contributed by atoms with Gasteiger partial charge in [0.25, 0.3) is 0 Å². The summed E-state index contributed by atoms with van der Waals surface area (Å²) in [5.74, 6) is 1.11. The molecule has 0 aromatic heterocycles. The van der Waals surface area contributed by atoms with E-state index in [4.69, 9.17) is 14.2 Å². The molecule has 6 nitrogen and oxygen atoms in total. The zero-order chi connectivity index (χ0) is 16.3. The highest BCUT2D eigenvalue weighted by molar-refractivity contribution is 5.73. The smallest absolute Gasteiger partial charge is 0.320 e. The molecule has 1 aromatic rings. The minimum atomic E-state index is -0.798. The summed E-state index contributed by atoms with van der Waals surface area (Å²) < 4.78 is 16.3. The Balaban J connectivity index is 2.38. The van der Waals surface area contributed by atoms with Crippen molar-refractivity contribution in [2.75, 3.05) is 34.4 Å². The third-order valence-electron chi connectivity index (χ3n) is 4.25. The second-order valence-electron chi connectivity index (χ2n) is 5.33. The zero-order valence-corrected chi connectivity index (χ0v) is 13.5. The number of fused-ring (bicyclic) bond motifs is 1. The summed E-state index contributed by atoms with van der Waals surface area (Å²) in [4.78, 5) is 13.2. The Morgan fingerprint density at radius 1 is 1.14 bits per heavy atom. The van der Waals surface area contributed by atoms with Gasteiger partial charge in [-0.05, 0) is 31.4 Å². The highest BCUT2D eigenvalue weighted by Gasteiger charge is 2.27. The van der Waals surface area contributed by atoms with Crippen molar-refractivity contribution in [3.63, 3.8) is 0 Å². The molecule has 1 atom stereocenters. The predicted octanol–water partition coefficient (Wildman–Crippen LogP) is 1.59. The maximum absolute atomic E-state index is 11.2. The van der Waals surface area contributed by atoms with E-state index in [0.29, 0.717) is 30.3 Å². The van der Waals surface area contributed by atoms with E-state index >= 15 is 0 Å². The normalized spacial score (nSPS) is 16.4. The molecule has 1 unspecified atom stereocenters. The number of methoxy groups -OCH3 is 3. The lowest BCUT2D eigenvalue weighted by atomic mass is 10.0. The Hall–Kier alpha value is -1.95. The van der Waals surface area contributed by atoms with E-state index in [0.717, 1.165) is 24.0 Å². The van der Waals surface area contributed by atoms with Crippen molar-refractivity contribution >= 4 is 5.97 Å². The molecule has 2 rings (SSSR count). The van der Waals surface area contributed by atoms with Gasteiger partial charge in [-0.25, -0.2) is 0 Å². The highest BCUT2D eigenvalue weighted by Crippen LogP contribution is 2.43. The molecule has 1 aliphatic heterocycles. The van der Waals surface area contributed by atoms with Crippen LogP contribution in [-0.2, 0) is 17.6 Å². The topological polar surface area (TPSA) is 68.2 Å². The molecule has 1 aliphatic rings. The Bertz CT molecular complexity index is 558. The van der Waals surface area contributed by atoms with Gasteiger partial charge in [0.2, 0.25) is 5.75 Å². The number of rotatable bonds is 5. The number of aliphatic carboxylic acids is 1. The first kappa shape index (κ1) is 16.4. The quantitative estimate of drug-likeness (QED) is 0.891. The average Bonchev–Trinajstić information content (AvgIpc) is 2.74. The SMILES string of the molecule is COc1cc2c(c(OC)c1OC)CCN(C(C)C(=O)O)CC2. The maximum Gasteiger partial charge on any atom is 0.320 e. The van der Waals surface area contributed by atoms with Crippen LogP contribution >= 0.6 is 0 Å². The van der Waals surface area contributed by atoms with Crippen LogP contribution < -0.4 is 14.2 Å². The summed E-state index contributed by atoms with van der Waals surface area (Å²) in [6.07, 6.45) is 1.47. The van der Waals surface area contributed by atoms with Gasteiger partial charge in [-0.1, -0.05) is 0 Å². The number of carboxylic acids is 1. The summed E-state index contributed by atoms with van der Waals surface area (Å²) in [6.45, 7) is 3.09. The number of hydrogen-bond donors (Lipinski definition) is 1. The molecule has 0 fully saturated rings. The molecule has 0 amide bonds. The lowest BCUT2D eigenvalue weighted by Crippen LogP contribution is -2.40. The number of benzene rings is 1. The Labute approximate surface area is 130 Å². The second kappa shape index (κ2) is 6.87. The van der Waals surface area contributed by atoms with E-state index in [9.17, 15) is 9.90 Å². The lowest BCUT2D eigenvalue weighted by Gasteiger charge is -2.23. The van der Waals surface area contributed by atoms with Crippen LogP contribution in [0.5, 0.6) is 17.2 Å². The summed E-state index contributed by atoms with van der Waals surface area (Å²) in [5, 5.41) is 9.20. The van der Waals surface area contributed by atoms with E-state index in [2.05, 4.69) is 0 Å². The maximum atomic E-state index is 11.2. The average molecular weight is 309 g/mol. The van der Waals surface area contributed by atoms with Gasteiger partial charge in [-0.2, -0.15) is 0 Å². The van der Waals surface area contributed by atoms with Crippen molar-refractivity contribution < 1.29 is 24.1 Å². The van der Waals surface area contributed by atoms with Crippen molar-refractivity contribution in [1.29, 1.82) is 0 Å². The van der Waals surface area contributed by atoms with E-state index < -0.39 is 12.0 Å². The Morgan fingerprint density at radius 2 is 1.77 bits per heavy atom. The summed E-state index contributed by atoms with van der Waals surface area (Å²) >= 11 is 0. The molecule has 1 aromatic carbocycles. The molecular formula is C16H23NO5. The van der Waals surface area contributed by atoms with Crippen molar-refractivity contribution in [3.05, 3.63) is 17.2 Å². The highest BCUT2D eigenvalue weighted by atomic mass is 16.5. The Kier molecular flexibility index (Phi) is 5.13. The molecule has 0 aliphatic carbocycles. The van der Waals surface area contributed by atoms with Crippen LogP contribution in [0.2, 0.25) is 0 Å². The van der Waals surface area contributed by atoms with E-state index in [1.54, 1.807) is 28.3 Å². The third kappa shape index (κ3) is 2.97. The number of hydrogen-bond acceptors (Lipinski definition) is 5. The van der Waals surface area contributed by atoms with Gasteiger partial charge in [0, 0.05) is 18.7 Å². The monoisotopic (exact) mass is 309 g/mol. The van der Waals surface area contributed by atoms with E-state index in [-0.39, 0.29) is 0 Å². The summed E-state index contributed by atoms with van der Waals surface area (Å²) in [6, 6.07) is 1.47. The fourth-order valence-corrected chi connectivity index (χ4v) is 2.94. The minimum Gasteiger partial charge on any atom is -0.493 e. The standard InChI is InChI=1S/C16H23NO5/c1-10(16(18)19)17-7-5-11-9-13(20-2)15(22-4)14(21-3)12(11)6-8-17/h9-10H,5-8H2,1-4H3,(H,18,19). The molecule has 0 spiro atoms. The molecule has 0 saturated heterocycles. The summed E-state index contributed by atoms with van der Waals surface area (Å²) in [7, 11) is 4.79. The van der Waals surface area contributed by atoms with Crippen molar-refractivity contribution in [1.82, 2.24) is 4.90 Å². The number of nitrogens with zero attached hydrogens (tertiary/aromatic N) is 1. The first-order valence-corrected chi connectivity index (χ1v) is 7.31. The molecule has 0 saturated carbocycles. The fraction of sp³-hybridized carbons (Fsp3) is 0.562. The van der Waals surface area contributed by atoms with Crippen LogP contribution in [0.15, 0.2) is 6.07 Å². The van der Waals surface area contributed by atoms with Crippen LogP contribution in [0.25, 0.3) is 0 Å². The molecule has 1 N–H and O–H groups in total. The van der Waals surface area contributed by atoms with Crippen molar-refractivity contribution in [3.8, 4) is 17.2 Å². The molecule has 122 valence electrons. The largest absolute Gasteiger partial charge is 0.493 e. The fourth-order valence-electron chi connectivity index (χ4n) is 2.94. The molecular weight excluding hydrogens is 286 g/mol. The van der Waals surface area contributed by atoms with Crippen LogP contribution in [0.4, 0.5) is 0 Å². The minimum absolute atomic E-state index is 0.496. The first-order valence-electron chi connectivity index (χ1n) is 7.31. The van der Waals surface area contributed by atoms with Crippen LogP contribution in [-0.4, -0.2) is 56.4 Å². The molecule has 0 bridgehead atoms. The second-order valence-corrected chi connectivity index (χ2v) is 5.33. The molecule has 0 radical (unpaired) electrons. The Morgan fingerprint density at radius 3 is 2.32 bits per heavy atom. The van der Waals surface area contributed by atoms with Crippen LogP contribution in [0.1, 0.15) is 18.1 Å². The lowest BCUT2D eigenvalue weighted by molar-refractivity contribution is -0.142. The van der Waals surface area contributed by atoms with Crippen molar-refractivity contribution in [2.45, 2.75) is 25.8 Å². The molecule has 1 heterocycles. The van der Waals surface area contributed by atoms with Gasteiger partial charge in [-0.15, -0.1) is 0 Å². The number of carboxylic acid groups (broad SMARTS) is 1. The van der Waals surface area contributed by atoms with Gasteiger partial charge >= 0.3 is 5.97 Å². The van der Waals surface area contributed by atoms with Gasteiger partial charge in [0.05, 0.1) is 21.3 Å². The summed E-state index contributed by atoms with van der Waals surface area (Å²) in [5.41, 5.74) is 2.19. The van der Waals surface area contributed by atoms with E-state index in [1.807, 2.05) is 11.0 Å². The van der Waals surface area contributed by atoms with Gasteiger partial charge < -0.3 is 19.3 Å². The molecule has 22 heavy (non-hydrogen) atoms. The number of ether oxygens (including phenoxy) is 3. The van der Waals surface area contributed by atoms with Gasteiger partial charge in [-0.3, -0.25) is 9.69 Å². The van der Waals surface area contributed by atoms with E-state index in [1.165, 1.54) is 0 Å². The van der Waals surface area contributed by atoms with Crippen LogP contribution in [0, 0.1) is 0 Å². The molecule has 6 heteroatoms.